The van der Waals surface area contributed by atoms with E-state index in [1.54, 1.807) is 0 Å². The van der Waals surface area contributed by atoms with Crippen molar-refractivity contribution < 1.29 is 0 Å². The second-order valence-electron chi connectivity index (χ2n) is 6.19. The molecule has 0 unspecified atom stereocenters. The molecule has 0 radical (unpaired) electrons. The van der Waals surface area contributed by atoms with Crippen molar-refractivity contribution in [1.29, 1.82) is 0 Å². The SMILES string of the molecule is CNc1cn2ccnc2c(N(C)CC2(N(C)C)CCC2)n1. The third kappa shape index (κ3) is 2.33. The predicted molar refractivity (Wildman–Crippen MR) is 86.1 cm³/mol. The monoisotopic (exact) mass is 288 g/mol. The lowest BCUT2D eigenvalue weighted by Gasteiger charge is -2.49. The fraction of sp³-hybridized carbons (Fsp3) is 0.600. The minimum Gasteiger partial charge on any atom is -0.372 e. The molecule has 0 saturated heterocycles. The molecule has 1 N–H and O–H groups in total. The highest BCUT2D eigenvalue weighted by Crippen LogP contribution is 2.37. The Kier molecular flexibility index (Phi) is 3.49. The summed E-state index contributed by atoms with van der Waals surface area (Å²) in [6.07, 6.45) is 9.56. The van der Waals surface area contributed by atoms with Crippen molar-refractivity contribution in [2.24, 2.45) is 0 Å². The van der Waals surface area contributed by atoms with E-state index in [1.807, 2.05) is 30.0 Å². The Morgan fingerprint density at radius 2 is 2.10 bits per heavy atom. The van der Waals surface area contributed by atoms with Gasteiger partial charge >= 0.3 is 0 Å². The molecular weight excluding hydrogens is 264 g/mol. The Balaban J connectivity index is 1.93. The van der Waals surface area contributed by atoms with Gasteiger partial charge in [-0.25, -0.2) is 9.97 Å². The van der Waals surface area contributed by atoms with Crippen LogP contribution < -0.4 is 10.2 Å². The van der Waals surface area contributed by atoms with E-state index in [4.69, 9.17) is 4.98 Å². The predicted octanol–water partition coefficient (Wildman–Crippen LogP) is 1.69. The van der Waals surface area contributed by atoms with Gasteiger partial charge in [0, 0.05) is 38.6 Å². The van der Waals surface area contributed by atoms with Crippen LogP contribution in [0.3, 0.4) is 0 Å². The highest BCUT2D eigenvalue weighted by atomic mass is 15.3. The average Bonchev–Trinajstić information content (AvgIpc) is 2.88. The second-order valence-corrected chi connectivity index (χ2v) is 6.19. The van der Waals surface area contributed by atoms with Gasteiger partial charge in [0.15, 0.2) is 11.5 Å². The van der Waals surface area contributed by atoms with Gasteiger partial charge in [-0.3, -0.25) is 0 Å². The molecule has 0 aliphatic heterocycles. The Morgan fingerprint density at radius 1 is 1.33 bits per heavy atom. The van der Waals surface area contributed by atoms with Crippen LogP contribution in [-0.2, 0) is 0 Å². The van der Waals surface area contributed by atoms with Gasteiger partial charge in [0.2, 0.25) is 0 Å². The molecule has 2 aromatic rings. The van der Waals surface area contributed by atoms with E-state index in [9.17, 15) is 0 Å². The van der Waals surface area contributed by atoms with Gasteiger partial charge in [0.1, 0.15) is 5.82 Å². The van der Waals surface area contributed by atoms with Crippen molar-refractivity contribution in [2.45, 2.75) is 24.8 Å². The third-order valence-electron chi connectivity index (χ3n) is 4.74. The minimum atomic E-state index is 0.273. The lowest BCUT2D eigenvalue weighted by Crippen LogP contribution is -2.56. The van der Waals surface area contributed by atoms with Crippen molar-refractivity contribution in [3.8, 4) is 0 Å². The normalized spacial score (nSPS) is 17.0. The van der Waals surface area contributed by atoms with E-state index in [0.29, 0.717) is 0 Å². The van der Waals surface area contributed by atoms with Crippen molar-refractivity contribution in [3.05, 3.63) is 18.6 Å². The summed E-state index contributed by atoms with van der Waals surface area (Å²) in [5.41, 5.74) is 1.18. The van der Waals surface area contributed by atoms with Crippen LogP contribution in [-0.4, -0.2) is 59.5 Å². The zero-order chi connectivity index (χ0) is 15.0. The maximum absolute atomic E-state index is 4.71. The number of likely N-dealkylation sites (N-methyl/N-ethyl adjacent to an activating group) is 2. The molecule has 21 heavy (non-hydrogen) atoms. The summed E-state index contributed by atoms with van der Waals surface area (Å²) in [6.45, 7) is 0.975. The molecule has 0 atom stereocenters. The molecule has 1 aliphatic carbocycles. The highest BCUT2D eigenvalue weighted by Gasteiger charge is 2.40. The Hall–Kier alpha value is -1.82. The largest absolute Gasteiger partial charge is 0.372 e. The first kappa shape index (κ1) is 14.1. The molecular formula is C15H24N6. The molecule has 2 aromatic heterocycles. The smallest absolute Gasteiger partial charge is 0.180 e. The number of anilines is 2. The molecule has 1 saturated carbocycles. The van der Waals surface area contributed by atoms with Crippen LogP contribution in [0.25, 0.3) is 5.65 Å². The first-order valence-corrected chi connectivity index (χ1v) is 7.46. The number of nitrogens with zero attached hydrogens (tertiary/aromatic N) is 5. The second kappa shape index (κ2) is 5.18. The van der Waals surface area contributed by atoms with Gasteiger partial charge in [0.05, 0.1) is 6.20 Å². The van der Waals surface area contributed by atoms with Gasteiger partial charge in [-0.05, 0) is 33.4 Å². The Morgan fingerprint density at radius 3 is 2.67 bits per heavy atom. The van der Waals surface area contributed by atoms with Crippen LogP contribution in [0.2, 0.25) is 0 Å². The summed E-state index contributed by atoms with van der Waals surface area (Å²) < 4.78 is 2.02. The Labute approximate surface area is 125 Å². The number of hydrogen-bond donors (Lipinski definition) is 1. The molecule has 6 heteroatoms. The van der Waals surface area contributed by atoms with Crippen molar-refractivity contribution in [2.75, 3.05) is 45.0 Å². The van der Waals surface area contributed by atoms with Crippen molar-refractivity contribution in [1.82, 2.24) is 19.3 Å². The van der Waals surface area contributed by atoms with Gasteiger partial charge in [0.25, 0.3) is 0 Å². The van der Waals surface area contributed by atoms with Crippen molar-refractivity contribution >= 4 is 17.3 Å². The minimum absolute atomic E-state index is 0.273. The lowest BCUT2D eigenvalue weighted by molar-refractivity contribution is 0.0682. The van der Waals surface area contributed by atoms with Crippen LogP contribution in [0.1, 0.15) is 19.3 Å². The summed E-state index contributed by atoms with van der Waals surface area (Å²) in [4.78, 5) is 13.8. The van der Waals surface area contributed by atoms with Crippen LogP contribution in [0.4, 0.5) is 11.6 Å². The topological polar surface area (TPSA) is 48.7 Å². The van der Waals surface area contributed by atoms with Crippen LogP contribution >= 0.6 is 0 Å². The summed E-state index contributed by atoms with van der Waals surface area (Å²) in [5, 5.41) is 3.12. The zero-order valence-electron chi connectivity index (χ0n) is 13.3. The maximum atomic E-state index is 4.71. The molecule has 2 heterocycles. The summed E-state index contributed by atoms with van der Waals surface area (Å²) >= 11 is 0. The molecule has 3 rings (SSSR count). The summed E-state index contributed by atoms with van der Waals surface area (Å²) in [5.74, 6) is 1.79. The molecule has 0 spiro atoms. The van der Waals surface area contributed by atoms with E-state index in [2.05, 4.69) is 41.2 Å². The fourth-order valence-electron chi connectivity index (χ4n) is 3.14. The molecule has 0 amide bonds. The summed E-state index contributed by atoms with van der Waals surface area (Å²) in [6, 6.07) is 0. The quantitative estimate of drug-likeness (QED) is 0.907. The standard InChI is InChI=1S/C15H24N6/c1-16-12-10-21-9-8-17-13(21)14(18-12)20(4)11-15(19(2)3)6-5-7-15/h8-10,16H,5-7,11H2,1-4H3. The van der Waals surface area contributed by atoms with Gasteiger partial charge in [-0.2, -0.15) is 0 Å². The van der Waals surface area contributed by atoms with E-state index in [0.717, 1.165) is 23.8 Å². The Bertz CT molecular complexity index is 628. The molecule has 114 valence electrons. The third-order valence-corrected chi connectivity index (χ3v) is 4.74. The van der Waals surface area contributed by atoms with E-state index in [1.165, 1.54) is 19.3 Å². The van der Waals surface area contributed by atoms with E-state index >= 15 is 0 Å². The van der Waals surface area contributed by atoms with Crippen molar-refractivity contribution in [3.63, 3.8) is 0 Å². The number of aromatic nitrogens is 3. The number of nitrogens with one attached hydrogen (secondary N) is 1. The fourth-order valence-corrected chi connectivity index (χ4v) is 3.14. The van der Waals surface area contributed by atoms with Crippen LogP contribution in [0.15, 0.2) is 18.6 Å². The zero-order valence-corrected chi connectivity index (χ0v) is 13.3. The maximum Gasteiger partial charge on any atom is 0.180 e. The first-order chi connectivity index (χ1) is 10.1. The number of fused-ring (bicyclic) bond motifs is 1. The lowest BCUT2D eigenvalue weighted by atomic mass is 9.75. The van der Waals surface area contributed by atoms with E-state index in [-0.39, 0.29) is 5.54 Å². The molecule has 0 aromatic carbocycles. The number of imidazole rings is 1. The first-order valence-electron chi connectivity index (χ1n) is 7.46. The molecule has 1 fully saturated rings. The van der Waals surface area contributed by atoms with Gasteiger partial charge in [-0.15, -0.1) is 0 Å². The number of hydrogen-bond acceptors (Lipinski definition) is 5. The number of rotatable bonds is 5. The molecule has 1 aliphatic rings. The average molecular weight is 288 g/mol. The molecule has 6 nitrogen and oxygen atoms in total. The molecule has 0 bridgehead atoms. The van der Waals surface area contributed by atoms with E-state index < -0.39 is 0 Å². The van der Waals surface area contributed by atoms with Gasteiger partial charge < -0.3 is 19.5 Å². The van der Waals surface area contributed by atoms with Crippen LogP contribution in [0.5, 0.6) is 0 Å². The van der Waals surface area contributed by atoms with Crippen LogP contribution in [0, 0.1) is 0 Å². The van der Waals surface area contributed by atoms with Gasteiger partial charge in [-0.1, -0.05) is 0 Å². The summed E-state index contributed by atoms with van der Waals surface area (Å²) in [7, 11) is 8.35. The highest BCUT2D eigenvalue weighted by molar-refractivity contribution is 5.66.